The van der Waals surface area contributed by atoms with E-state index in [0.29, 0.717) is 13.0 Å². The Bertz CT molecular complexity index is 1030. The molecule has 5 nitrogen and oxygen atoms in total. The summed E-state index contributed by atoms with van der Waals surface area (Å²) < 4.78 is 0. The fourth-order valence-electron chi connectivity index (χ4n) is 4.92. The highest BCUT2D eigenvalue weighted by Gasteiger charge is 2.43. The Morgan fingerprint density at radius 1 is 1.23 bits per heavy atom. The molecule has 0 saturated carbocycles. The molecule has 0 spiro atoms. The van der Waals surface area contributed by atoms with Crippen molar-refractivity contribution in [2.24, 2.45) is 16.7 Å². The van der Waals surface area contributed by atoms with Crippen molar-refractivity contribution in [1.82, 2.24) is 15.2 Å². The molecule has 1 aromatic carbocycles. The van der Waals surface area contributed by atoms with E-state index in [1.54, 1.807) is 11.3 Å². The number of β-amino-alcohol motifs (C(OH)–C–C–N with tert-alkyl or cyclic N) is 1. The third-order valence-corrected chi connectivity index (χ3v) is 7.92. The fraction of sp³-hybridized carbons (Fsp3) is 0.586. The lowest BCUT2D eigenvalue weighted by molar-refractivity contribution is -0.141. The zero-order valence-electron chi connectivity index (χ0n) is 22.7. The molecule has 1 aliphatic rings. The number of aromatic nitrogens is 1. The van der Waals surface area contributed by atoms with Gasteiger partial charge in [-0.15, -0.1) is 11.3 Å². The number of carbonyl (C=O) groups excluding carboxylic acids is 1. The molecule has 2 heterocycles. The number of benzene rings is 1. The van der Waals surface area contributed by atoms with E-state index in [-0.39, 0.29) is 34.7 Å². The summed E-state index contributed by atoms with van der Waals surface area (Å²) in [6, 6.07) is 8.33. The second-order valence-electron chi connectivity index (χ2n) is 12.4. The van der Waals surface area contributed by atoms with Gasteiger partial charge in [0.15, 0.2) is 0 Å². The Kier molecular flexibility index (Phi) is 8.17. The molecule has 0 bridgehead atoms. The molecule has 4 atom stereocenters. The molecular weight excluding hydrogens is 454 g/mol. The van der Waals surface area contributed by atoms with Crippen LogP contribution < -0.4 is 5.32 Å². The fourth-order valence-corrected chi connectivity index (χ4v) is 5.74. The van der Waals surface area contributed by atoms with E-state index in [2.05, 4.69) is 89.6 Å². The molecule has 35 heavy (non-hydrogen) atoms. The molecule has 0 radical (unpaired) electrons. The zero-order chi connectivity index (χ0) is 26.1. The van der Waals surface area contributed by atoms with Crippen LogP contribution >= 0.6 is 11.3 Å². The maximum Gasteiger partial charge on any atom is 0.226 e. The normalized spacial score (nSPS) is 20.5. The van der Waals surface area contributed by atoms with Crippen LogP contribution in [0.25, 0.3) is 10.4 Å². The van der Waals surface area contributed by atoms with Crippen LogP contribution in [0.1, 0.15) is 78.6 Å². The summed E-state index contributed by atoms with van der Waals surface area (Å²) in [6.07, 6.45) is 0.784. The molecule has 1 aromatic heterocycles. The first-order valence-electron chi connectivity index (χ1n) is 12.6. The molecule has 192 valence electrons. The molecule has 1 fully saturated rings. The van der Waals surface area contributed by atoms with Gasteiger partial charge in [-0.05, 0) is 42.2 Å². The molecule has 0 unspecified atom stereocenters. The minimum atomic E-state index is -0.532. The first-order valence-corrected chi connectivity index (χ1v) is 13.5. The number of rotatable bonds is 7. The number of nitrogens with zero attached hydrogens (tertiary/aromatic N) is 2. The van der Waals surface area contributed by atoms with Gasteiger partial charge in [0.25, 0.3) is 0 Å². The first kappa shape index (κ1) is 27.4. The average molecular weight is 498 g/mol. The quantitative estimate of drug-likeness (QED) is 0.468. The molecule has 6 heteroatoms. The summed E-state index contributed by atoms with van der Waals surface area (Å²) in [5, 5.41) is 14.0. The predicted molar refractivity (Wildman–Crippen MR) is 146 cm³/mol. The average Bonchev–Trinajstić information content (AvgIpc) is 3.35. The molecule has 2 aromatic rings. The van der Waals surface area contributed by atoms with Crippen LogP contribution in [0.5, 0.6) is 0 Å². The maximum absolute atomic E-state index is 13.8. The molecule has 3 rings (SSSR count). The summed E-state index contributed by atoms with van der Waals surface area (Å²) in [6.45, 7) is 21.7. The Morgan fingerprint density at radius 2 is 1.86 bits per heavy atom. The smallest absolute Gasteiger partial charge is 0.226 e. The van der Waals surface area contributed by atoms with Crippen molar-refractivity contribution in [2.45, 2.75) is 86.4 Å². The Balaban J connectivity index is 1.73. The van der Waals surface area contributed by atoms with Gasteiger partial charge in [-0.1, -0.05) is 72.4 Å². The standard InChI is InChI=1S/C29H43N3O2S/c1-18(21-10-12-22(13-11-21)26-20(3)30-17-35-26)31-19(2)25-14-23(33)16-32(25)27(34)24(29(7,8)9)15-28(4,5)6/h10-13,17-18,23-25,31,33H,2,14-16H2,1,3-9H3/t18-,23+,24+,25-/m0/s1. The molecule has 1 saturated heterocycles. The number of hydrogen-bond donors (Lipinski definition) is 2. The molecule has 1 aliphatic heterocycles. The highest BCUT2D eigenvalue weighted by Crippen LogP contribution is 2.39. The number of aliphatic hydroxyl groups excluding tert-OH is 1. The van der Waals surface area contributed by atoms with Crippen molar-refractivity contribution in [2.75, 3.05) is 6.54 Å². The summed E-state index contributed by atoms with van der Waals surface area (Å²) >= 11 is 1.65. The Labute approximate surface area is 215 Å². The van der Waals surface area contributed by atoms with Crippen LogP contribution in [-0.2, 0) is 4.79 Å². The molecule has 2 N–H and O–H groups in total. The van der Waals surface area contributed by atoms with E-state index in [4.69, 9.17) is 0 Å². The third kappa shape index (κ3) is 6.73. The van der Waals surface area contributed by atoms with Crippen molar-refractivity contribution in [3.63, 3.8) is 0 Å². The Hall–Kier alpha value is -2.18. The first-order chi connectivity index (χ1) is 16.2. The topological polar surface area (TPSA) is 65.5 Å². The summed E-state index contributed by atoms with van der Waals surface area (Å²) in [4.78, 5) is 21.2. The van der Waals surface area contributed by atoms with E-state index in [0.717, 1.165) is 23.4 Å². The highest BCUT2D eigenvalue weighted by molar-refractivity contribution is 7.13. The van der Waals surface area contributed by atoms with Gasteiger partial charge in [0.2, 0.25) is 5.91 Å². The van der Waals surface area contributed by atoms with Crippen LogP contribution in [0.2, 0.25) is 0 Å². The van der Waals surface area contributed by atoms with Gasteiger partial charge in [-0.3, -0.25) is 4.79 Å². The van der Waals surface area contributed by atoms with Crippen molar-refractivity contribution in [3.05, 3.63) is 53.3 Å². The highest BCUT2D eigenvalue weighted by atomic mass is 32.1. The van der Waals surface area contributed by atoms with Crippen LogP contribution in [0.3, 0.4) is 0 Å². The number of thiazole rings is 1. The van der Waals surface area contributed by atoms with E-state index in [1.165, 1.54) is 10.4 Å². The summed E-state index contributed by atoms with van der Waals surface area (Å²) in [5.74, 6) is -0.00266. The van der Waals surface area contributed by atoms with Gasteiger partial charge >= 0.3 is 0 Å². The van der Waals surface area contributed by atoms with Gasteiger partial charge in [-0.25, -0.2) is 4.98 Å². The molecule has 1 amide bonds. The largest absolute Gasteiger partial charge is 0.391 e. The van der Waals surface area contributed by atoms with E-state index in [1.807, 2.05) is 17.3 Å². The monoisotopic (exact) mass is 497 g/mol. The van der Waals surface area contributed by atoms with Gasteiger partial charge in [0.1, 0.15) is 0 Å². The van der Waals surface area contributed by atoms with Gasteiger partial charge in [0, 0.05) is 30.6 Å². The van der Waals surface area contributed by atoms with Crippen molar-refractivity contribution >= 4 is 17.2 Å². The SMILES string of the molecule is C=C(N[C@@H](C)c1ccc(-c2scnc2C)cc1)[C@@H]1C[C@@H](O)CN1C(=O)[C@@H](CC(C)(C)C)C(C)(C)C. The second kappa shape index (κ2) is 10.4. The lowest BCUT2D eigenvalue weighted by Crippen LogP contribution is -2.47. The minimum absolute atomic E-state index is 0.0294. The lowest BCUT2D eigenvalue weighted by atomic mass is 9.71. The van der Waals surface area contributed by atoms with Crippen molar-refractivity contribution in [3.8, 4) is 10.4 Å². The van der Waals surface area contributed by atoms with Crippen LogP contribution in [0.4, 0.5) is 0 Å². The third-order valence-electron chi connectivity index (χ3n) is 6.94. The molecular formula is C29H43N3O2S. The van der Waals surface area contributed by atoms with E-state index < -0.39 is 6.10 Å². The van der Waals surface area contributed by atoms with Crippen molar-refractivity contribution in [1.29, 1.82) is 0 Å². The van der Waals surface area contributed by atoms with Crippen molar-refractivity contribution < 1.29 is 9.90 Å². The van der Waals surface area contributed by atoms with Gasteiger partial charge < -0.3 is 15.3 Å². The zero-order valence-corrected chi connectivity index (χ0v) is 23.5. The summed E-state index contributed by atoms with van der Waals surface area (Å²) in [5.41, 5.74) is 5.90. The minimum Gasteiger partial charge on any atom is -0.391 e. The number of nitrogens with one attached hydrogen (secondary N) is 1. The van der Waals surface area contributed by atoms with Crippen LogP contribution in [0.15, 0.2) is 42.1 Å². The Morgan fingerprint density at radius 3 is 2.37 bits per heavy atom. The number of aliphatic hydroxyl groups is 1. The summed E-state index contributed by atoms with van der Waals surface area (Å²) in [7, 11) is 0. The van der Waals surface area contributed by atoms with E-state index >= 15 is 0 Å². The predicted octanol–water partition coefficient (Wildman–Crippen LogP) is 6.34. The lowest BCUT2D eigenvalue weighted by Gasteiger charge is -2.39. The number of carbonyl (C=O) groups is 1. The van der Waals surface area contributed by atoms with Crippen LogP contribution in [-0.4, -0.2) is 39.6 Å². The van der Waals surface area contributed by atoms with Gasteiger partial charge in [-0.2, -0.15) is 0 Å². The maximum atomic E-state index is 13.8. The number of amides is 1. The number of likely N-dealkylation sites (tertiary alicyclic amines) is 1. The number of hydrogen-bond acceptors (Lipinski definition) is 5. The van der Waals surface area contributed by atoms with E-state index in [9.17, 15) is 9.90 Å². The number of aryl methyl sites for hydroxylation is 1. The second-order valence-corrected chi connectivity index (χ2v) is 13.2. The molecule has 0 aliphatic carbocycles. The van der Waals surface area contributed by atoms with Crippen LogP contribution in [0, 0.1) is 23.7 Å². The van der Waals surface area contributed by atoms with Gasteiger partial charge in [0.05, 0.1) is 28.2 Å².